The van der Waals surface area contributed by atoms with E-state index < -0.39 is 0 Å². The molecule has 1 heterocycles. The minimum Gasteiger partial charge on any atom is -0.489 e. The van der Waals surface area contributed by atoms with Crippen LogP contribution < -0.4 is 14.8 Å². The van der Waals surface area contributed by atoms with Gasteiger partial charge in [-0.05, 0) is 43.4 Å². The average molecular weight is 401 g/mol. The normalized spacial score (nSPS) is 14.7. The number of hydrogen-bond donors (Lipinski definition) is 1. The molecule has 148 valence electrons. The predicted molar refractivity (Wildman–Crippen MR) is 112 cm³/mol. The number of halogens is 1. The molecule has 3 rings (SSSR count). The summed E-state index contributed by atoms with van der Waals surface area (Å²) in [5.74, 6) is 1.01. The first-order valence-electron chi connectivity index (χ1n) is 9.30. The van der Waals surface area contributed by atoms with Gasteiger partial charge in [0, 0.05) is 19.0 Å². The first-order valence-corrected chi connectivity index (χ1v) is 9.68. The van der Waals surface area contributed by atoms with Gasteiger partial charge in [0.25, 0.3) is 0 Å². The zero-order valence-electron chi connectivity index (χ0n) is 16.2. The van der Waals surface area contributed by atoms with Crippen molar-refractivity contribution in [2.24, 2.45) is 0 Å². The summed E-state index contributed by atoms with van der Waals surface area (Å²) >= 11 is 6.31. The molecule has 0 fully saturated rings. The maximum Gasteiger partial charge on any atom is 0.244 e. The maximum atomic E-state index is 12.5. The van der Waals surface area contributed by atoms with Crippen LogP contribution in [0.4, 0.5) is 0 Å². The Kier molecular flexibility index (Phi) is 6.95. The van der Waals surface area contributed by atoms with Gasteiger partial charge in [-0.15, -0.1) is 0 Å². The fourth-order valence-electron chi connectivity index (χ4n) is 3.02. The van der Waals surface area contributed by atoms with Gasteiger partial charge < -0.3 is 19.7 Å². The molecule has 5 nitrogen and oxygen atoms in total. The van der Waals surface area contributed by atoms with Gasteiger partial charge in [-0.1, -0.05) is 41.9 Å². The van der Waals surface area contributed by atoms with Crippen LogP contribution in [0.25, 0.3) is 6.08 Å². The molecule has 1 aliphatic heterocycles. The molecule has 0 aromatic heterocycles. The topological polar surface area (TPSA) is 50.8 Å². The Labute approximate surface area is 170 Å². The predicted octanol–water partition coefficient (Wildman–Crippen LogP) is 3.93. The summed E-state index contributed by atoms with van der Waals surface area (Å²) in [4.78, 5) is 14.6. The number of amides is 1. The third-order valence-corrected chi connectivity index (χ3v) is 4.60. The van der Waals surface area contributed by atoms with Crippen molar-refractivity contribution in [1.29, 1.82) is 0 Å². The monoisotopic (exact) mass is 400 g/mol. The lowest BCUT2D eigenvalue weighted by molar-refractivity contribution is -0.117. The summed E-state index contributed by atoms with van der Waals surface area (Å²) in [6.07, 6.45) is 4.06. The van der Waals surface area contributed by atoms with Gasteiger partial charge in [0.05, 0.1) is 24.3 Å². The molecule has 0 bridgehead atoms. The van der Waals surface area contributed by atoms with Gasteiger partial charge >= 0.3 is 0 Å². The number of likely N-dealkylation sites (N-methyl/N-ethyl adjacent to an activating group) is 1. The van der Waals surface area contributed by atoms with Crippen LogP contribution in [0, 0.1) is 0 Å². The van der Waals surface area contributed by atoms with E-state index in [2.05, 4.69) is 5.32 Å². The Morgan fingerprint density at radius 1 is 1.21 bits per heavy atom. The number of nitrogens with one attached hydrogen (secondary N) is 1. The lowest BCUT2D eigenvalue weighted by Gasteiger charge is -2.22. The Hall–Kier alpha value is -2.50. The number of rotatable bonds is 6. The lowest BCUT2D eigenvalue weighted by atomic mass is 10.1. The quantitative estimate of drug-likeness (QED) is 0.746. The first-order chi connectivity index (χ1) is 13.5. The fourth-order valence-corrected chi connectivity index (χ4v) is 3.30. The van der Waals surface area contributed by atoms with Crippen molar-refractivity contribution in [2.45, 2.75) is 12.5 Å². The minimum absolute atomic E-state index is 0.0966. The van der Waals surface area contributed by atoms with Crippen molar-refractivity contribution in [3.8, 4) is 11.5 Å². The van der Waals surface area contributed by atoms with Crippen LogP contribution in [-0.4, -0.2) is 44.7 Å². The van der Waals surface area contributed by atoms with Crippen molar-refractivity contribution in [3.05, 3.63) is 64.7 Å². The van der Waals surface area contributed by atoms with Crippen molar-refractivity contribution in [1.82, 2.24) is 10.2 Å². The van der Waals surface area contributed by atoms with Gasteiger partial charge in [-0.25, -0.2) is 0 Å². The summed E-state index contributed by atoms with van der Waals surface area (Å²) in [6.45, 7) is 1.87. The second kappa shape index (κ2) is 9.62. The molecule has 0 spiro atoms. The van der Waals surface area contributed by atoms with Crippen molar-refractivity contribution in [2.75, 3.05) is 33.9 Å². The number of benzene rings is 2. The molecule has 0 saturated heterocycles. The molecule has 2 aromatic rings. The molecular formula is C22H25ClN2O3. The molecule has 6 heteroatoms. The smallest absolute Gasteiger partial charge is 0.244 e. The van der Waals surface area contributed by atoms with E-state index in [0.29, 0.717) is 36.3 Å². The molecule has 28 heavy (non-hydrogen) atoms. The number of carbonyl (C=O) groups is 1. The molecular weight excluding hydrogens is 376 g/mol. The van der Waals surface area contributed by atoms with Crippen molar-refractivity contribution in [3.63, 3.8) is 0 Å². The summed E-state index contributed by atoms with van der Waals surface area (Å²) in [5.41, 5.74) is 1.85. The van der Waals surface area contributed by atoms with E-state index in [1.165, 1.54) is 6.08 Å². The highest BCUT2D eigenvalue weighted by atomic mass is 35.5. The van der Waals surface area contributed by atoms with Gasteiger partial charge in [0.15, 0.2) is 11.5 Å². The van der Waals surface area contributed by atoms with Gasteiger partial charge in [-0.3, -0.25) is 4.79 Å². The maximum absolute atomic E-state index is 12.5. The lowest BCUT2D eigenvalue weighted by Crippen LogP contribution is -2.34. The van der Waals surface area contributed by atoms with Crippen LogP contribution in [-0.2, 0) is 4.79 Å². The minimum atomic E-state index is -0.168. The number of hydrogen-bond acceptors (Lipinski definition) is 4. The van der Waals surface area contributed by atoms with Crippen LogP contribution in [0.1, 0.15) is 23.6 Å². The molecule has 1 N–H and O–H groups in total. The Balaban J connectivity index is 1.72. The highest BCUT2D eigenvalue weighted by Gasteiger charge is 2.16. The van der Waals surface area contributed by atoms with E-state index in [-0.39, 0.29) is 11.9 Å². The van der Waals surface area contributed by atoms with E-state index in [1.807, 2.05) is 55.4 Å². The molecule has 0 aliphatic carbocycles. The summed E-state index contributed by atoms with van der Waals surface area (Å²) in [5, 5.41) is 3.55. The number of ether oxygens (including phenoxy) is 2. The largest absolute Gasteiger partial charge is 0.489 e. The molecule has 0 radical (unpaired) electrons. The first kappa shape index (κ1) is 20.2. The second-order valence-corrected chi connectivity index (χ2v) is 7.36. The number of fused-ring (bicyclic) bond motifs is 1. The Bertz CT molecular complexity index is 837. The zero-order valence-corrected chi connectivity index (χ0v) is 16.9. The van der Waals surface area contributed by atoms with Crippen LogP contribution >= 0.6 is 11.6 Å². The van der Waals surface area contributed by atoms with Crippen LogP contribution in [0.2, 0.25) is 5.02 Å². The third-order valence-electron chi connectivity index (χ3n) is 4.32. The second-order valence-electron chi connectivity index (χ2n) is 6.95. The SMILES string of the molecule is CN(C)C[C@@H](NC(=O)/C=C/c1cc(Cl)c2c(c1)OCCCO2)c1ccccc1. The van der Waals surface area contributed by atoms with Crippen molar-refractivity contribution >= 4 is 23.6 Å². The van der Waals surface area contributed by atoms with E-state index >= 15 is 0 Å². The van der Waals surface area contributed by atoms with Crippen LogP contribution in [0.3, 0.4) is 0 Å². The molecule has 0 saturated carbocycles. The van der Waals surface area contributed by atoms with Gasteiger partial charge in [-0.2, -0.15) is 0 Å². The molecule has 0 unspecified atom stereocenters. The summed E-state index contributed by atoms with van der Waals surface area (Å²) in [7, 11) is 3.97. The number of carbonyl (C=O) groups excluding carboxylic acids is 1. The third kappa shape index (κ3) is 5.50. The number of nitrogens with zero attached hydrogens (tertiary/aromatic N) is 1. The van der Waals surface area contributed by atoms with E-state index in [1.54, 1.807) is 12.1 Å². The molecule has 1 amide bonds. The summed E-state index contributed by atoms with van der Waals surface area (Å²) in [6, 6.07) is 13.5. The van der Waals surface area contributed by atoms with Gasteiger partial charge in [0.1, 0.15) is 0 Å². The van der Waals surface area contributed by atoms with E-state index in [4.69, 9.17) is 21.1 Å². The molecule has 1 aliphatic rings. The highest BCUT2D eigenvalue weighted by molar-refractivity contribution is 6.32. The van der Waals surface area contributed by atoms with E-state index in [0.717, 1.165) is 17.5 Å². The fraction of sp³-hybridized carbons (Fsp3) is 0.318. The Morgan fingerprint density at radius 2 is 1.96 bits per heavy atom. The highest BCUT2D eigenvalue weighted by Crippen LogP contribution is 2.38. The molecule has 2 aromatic carbocycles. The Morgan fingerprint density at radius 3 is 2.71 bits per heavy atom. The average Bonchev–Trinajstić information content (AvgIpc) is 2.92. The van der Waals surface area contributed by atoms with Gasteiger partial charge in [0.2, 0.25) is 5.91 Å². The standard InChI is InChI=1S/C22H25ClN2O3/c1-25(2)15-19(17-7-4-3-5-8-17)24-21(26)10-9-16-13-18(23)22-20(14-16)27-11-6-12-28-22/h3-5,7-10,13-14,19H,6,11-12,15H2,1-2H3,(H,24,26)/b10-9+/t19-/m1/s1. The van der Waals surface area contributed by atoms with Crippen LogP contribution in [0.15, 0.2) is 48.5 Å². The zero-order chi connectivity index (χ0) is 19.9. The van der Waals surface area contributed by atoms with E-state index in [9.17, 15) is 4.79 Å². The van der Waals surface area contributed by atoms with Crippen LogP contribution in [0.5, 0.6) is 11.5 Å². The summed E-state index contributed by atoms with van der Waals surface area (Å²) < 4.78 is 11.3. The van der Waals surface area contributed by atoms with Crippen molar-refractivity contribution < 1.29 is 14.3 Å². The molecule has 1 atom stereocenters.